The van der Waals surface area contributed by atoms with Gasteiger partial charge in [0.1, 0.15) is 11.5 Å². The van der Waals surface area contributed by atoms with Crippen molar-refractivity contribution in [3.63, 3.8) is 0 Å². The molecular formula is C26H32O3. The quantitative estimate of drug-likeness (QED) is 0.358. The predicted octanol–water partition coefficient (Wildman–Crippen LogP) is 7.48. The third-order valence-corrected chi connectivity index (χ3v) is 4.78. The predicted molar refractivity (Wildman–Crippen MR) is 120 cm³/mol. The van der Waals surface area contributed by atoms with Crippen LogP contribution in [0, 0.1) is 11.8 Å². The molecule has 0 radical (unpaired) electrons. The zero-order valence-corrected chi connectivity index (χ0v) is 18.0. The SMILES string of the molecule is CC(C)CCOc1ccc2c(OCCC(C)C)c(Oc3ccccc3)ccc2c1. The number of para-hydroxylation sites is 1. The Labute approximate surface area is 174 Å². The minimum absolute atomic E-state index is 0.587. The van der Waals surface area contributed by atoms with Gasteiger partial charge in [-0.1, -0.05) is 52.0 Å². The van der Waals surface area contributed by atoms with Gasteiger partial charge in [0.2, 0.25) is 0 Å². The van der Waals surface area contributed by atoms with Crippen molar-refractivity contribution in [1.29, 1.82) is 0 Å². The van der Waals surface area contributed by atoms with E-state index in [-0.39, 0.29) is 0 Å². The Morgan fingerprint density at radius 3 is 2.07 bits per heavy atom. The summed E-state index contributed by atoms with van der Waals surface area (Å²) in [5.41, 5.74) is 0. The van der Waals surface area contributed by atoms with Crippen LogP contribution in [0.25, 0.3) is 10.8 Å². The van der Waals surface area contributed by atoms with Gasteiger partial charge in [-0.3, -0.25) is 0 Å². The molecule has 0 aliphatic carbocycles. The lowest BCUT2D eigenvalue weighted by atomic mass is 10.1. The molecule has 3 aromatic carbocycles. The van der Waals surface area contributed by atoms with Crippen LogP contribution >= 0.6 is 0 Å². The maximum atomic E-state index is 6.22. The van der Waals surface area contributed by atoms with Crippen LogP contribution in [-0.4, -0.2) is 13.2 Å². The molecule has 0 aliphatic rings. The first-order valence-electron chi connectivity index (χ1n) is 10.6. The van der Waals surface area contributed by atoms with E-state index in [9.17, 15) is 0 Å². The van der Waals surface area contributed by atoms with E-state index in [0.717, 1.165) is 53.2 Å². The number of hydrogen-bond acceptors (Lipinski definition) is 3. The summed E-state index contributed by atoms with van der Waals surface area (Å²) in [4.78, 5) is 0. The van der Waals surface area contributed by atoms with Crippen molar-refractivity contribution in [2.45, 2.75) is 40.5 Å². The Hall–Kier alpha value is -2.68. The second-order valence-electron chi connectivity index (χ2n) is 8.25. The molecule has 0 saturated heterocycles. The van der Waals surface area contributed by atoms with Crippen molar-refractivity contribution in [2.24, 2.45) is 11.8 Å². The van der Waals surface area contributed by atoms with Crippen LogP contribution in [0.15, 0.2) is 60.7 Å². The molecule has 3 rings (SSSR count). The highest BCUT2D eigenvalue weighted by Gasteiger charge is 2.13. The molecule has 154 valence electrons. The lowest BCUT2D eigenvalue weighted by Gasteiger charge is -2.16. The zero-order chi connectivity index (χ0) is 20.6. The molecule has 0 amide bonds. The van der Waals surface area contributed by atoms with Gasteiger partial charge in [-0.05, 0) is 66.5 Å². The summed E-state index contributed by atoms with van der Waals surface area (Å²) >= 11 is 0. The van der Waals surface area contributed by atoms with Crippen LogP contribution in [0.2, 0.25) is 0 Å². The fraction of sp³-hybridized carbons (Fsp3) is 0.385. The minimum atomic E-state index is 0.587. The van der Waals surface area contributed by atoms with Gasteiger partial charge in [-0.2, -0.15) is 0 Å². The summed E-state index contributed by atoms with van der Waals surface area (Å²) in [7, 11) is 0. The van der Waals surface area contributed by atoms with Crippen molar-refractivity contribution in [1.82, 2.24) is 0 Å². The molecule has 0 N–H and O–H groups in total. The van der Waals surface area contributed by atoms with Crippen molar-refractivity contribution in [3.8, 4) is 23.0 Å². The minimum Gasteiger partial charge on any atom is -0.494 e. The van der Waals surface area contributed by atoms with E-state index in [2.05, 4.69) is 45.9 Å². The first-order valence-corrected chi connectivity index (χ1v) is 10.6. The van der Waals surface area contributed by atoms with Gasteiger partial charge in [0.05, 0.1) is 13.2 Å². The number of fused-ring (bicyclic) bond motifs is 1. The van der Waals surface area contributed by atoms with Gasteiger partial charge in [0.15, 0.2) is 11.5 Å². The molecule has 0 bridgehead atoms. The third-order valence-electron chi connectivity index (χ3n) is 4.78. The van der Waals surface area contributed by atoms with E-state index in [1.54, 1.807) is 0 Å². The van der Waals surface area contributed by atoms with Gasteiger partial charge in [-0.15, -0.1) is 0 Å². The molecule has 29 heavy (non-hydrogen) atoms. The molecular weight excluding hydrogens is 360 g/mol. The highest BCUT2D eigenvalue weighted by molar-refractivity contribution is 5.92. The van der Waals surface area contributed by atoms with Crippen molar-refractivity contribution < 1.29 is 14.2 Å². The third kappa shape index (κ3) is 6.15. The van der Waals surface area contributed by atoms with Crippen molar-refractivity contribution in [2.75, 3.05) is 13.2 Å². The van der Waals surface area contributed by atoms with Crippen LogP contribution in [-0.2, 0) is 0 Å². The number of ether oxygens (including phenoxy) is 3. The standard InChI is InChI=1S/C26H32O3/c1-19(2)14-16-27-23-11-12-24-21(18-23)10-13-25(26(24)28-17-15-20(3)4)29-22-8-6-5-7-9-22/h5-13,18-20H,14-17H2,1-4H3. The summed E-state index contributed by atoms with van der Waals surface area (Å²) < 4.78 is 18.3. The fourth-order valence-corrected chi connectivity index (χ4v) is 3.00. The van der Waals surface area contributed by atoms with Crippen LogP contribution < -0.4 is 14.2 Å². The van der Waals surface area contributed by atoms with E-state index in [1.807, 2.05) is 42.5 Å². The van der Waals surface area contributed by atoms with Crippen molar-refractivity contribution in [3.05, 3.63) is 60.7 Å². The molecule has 0 spiro atoms. The molecule has 0 fully saturated rings. The average Bonchev–Trinajstić information content (AvgIpc) is 2.69. The Balaban J connectivity index is 1.88. The molecule has 3 nitrogen and oxygen atoms in total. The molecule has 0 aliphatic heterocycles. The fourth-order valence-electron chi connectivity index (χ4n) is 3.00. The normalized spacial score (nSPS) is 11.2. The zero-order valence-electron chi connectivity index (χ0n) is 18.0. The lowest BCUT2D eigenvalue weighted by molar-refractivity contribution is 0.281. The lowest BCUT2D eigenvalue weighted by Crippen LogP contribution is -2.03. The highest BCUT2D eigenvalue weighted by Crippen LogP contribution is 2.39. The van der Waals surface area contributed by atoms with E-state index < -0.39 is 0 Å². The number of benzene rings is 3. The van der Waals surface area contributed by atoms with E-state index in [4.69, 9.17) is 14.2 Å². The van der Waals surface area contributed by atoms with Gasteiger partial charge >= 0.3 is 0 Å². The summed E-state index contributed by atoms with van der Waals surface area (Å²) in [6.07, 6.45) is 2.04. The molecule has 3 heteroatoms. The van der Waals surface area contributed by atoms with Crippen LogP contribution in [0.1, 0.15) is 40.5 Å². The summed E-state index contributed by atoms with van der Waals surface area (Å²) in [5.74, 6) is 4.44. The first-order chi connectivity index (χ1) is 14.0. The van der Waals surface area contributed by atoms with E-state index >= 15 is 0 Å². The van der Waals surface area contributed by atoms with E-state index in [1.165, 1.54) is 0 Å². The first kappa shape index (κ1) is 21.0. The molecule has 0 saturated carbocycles. The maximum Gasteiger partial charge on any atom is 0.169 e. The second-order valence-corrected chi connectivity index (χ2v) is 8.25. The van der Waals surface area contributed by atoms with Crippen LogP contribution in [0.5, 0.6) is 23.0 Å². The molecule has 3 aromatic rings. The van der Waals surface area contributed by atoms with Crippen LogP contribution in [0.3, 0.4) is 0 Å². The smallest absolute Gasteiger partial charge is 0.169 e. The number of rotatable bonds is 10. The van der Waals surface area contributed by atoms with E-state index in [0.29, 0.717) is 18.4 Å². The van der Waals surface area contributed by atoms with Crippen molar-refractivity contribution >= 4 is 10.8 Å². The Morgan fingerprint density at radius 1 is 0.690 bits per heavy atom. The molecule has 0 aromatic heterocycles. The Bertz CT molecular complexity index is 900. The molecule has 0 unspecified atom stereocenters. The average molecular weight is 393 g/mol. The summed E-state index contributed by atoms with van der Waals surface area (Å²) in [6, 6.07) is 20.0. The van der Waals surface area contributed by atoms with Gasteiger partial charge in [-0.25, -0.2) is 0 Å². The number of hydrogen-bond donors (Lipinski definition) is 0. The second kappa shape index (κ2) is 10.2. The van der Waals surface area contributed by atoms with Gasteiger partial charge in [0.25, 0.3) is 0 Å². The topological polar surface area (TPSA) is 27.7 Å². The molecule has 0 atom stereocenters. The van der Waals surface area contributed by atoms with Gasteiger partial charge in [0, 0.05) is 5.39 Å². The molecule has 0 heterocycles. The Morgan fingerprint density at radius 2 is 1.38 bits per heavy atom. The van der Waals surface area contributed by atoms with Gasteiger partial charge < -0.3 is 14.2 Å². The monoisotopic (exact) mass is 392 g/mol. The highest BCUT2D eigenvalue weighted by atomic mass is 16.5. The maximum absolute atomic E-state index is 6.22. The summed E-state index contributed by atoms with van der Waals surface area (Å²) in [6.45, 7) is 10.2. The summed E-state index contributed by atoms with van der Waals surface area (Å²) in [5, 5.41) is 2.13. The largest absolute Gasteiger partial charge is 0.494 e. The Kier molecular flexibility index (Phi) is 7.40. The van der Waals surface area contributed by atoms with Crippen LogP contribution in [0.4, 0.5) is 0 Å².